The number of ether oxygens (including phenoxy) is 1. The number of hydrogen-bond acceptors (Lipinski definition) is 3. The molecule has 7 heteroatoms. The van der Waals surface area contributed by atoms with Crippen molar-refractivity contribution in [1.29, 1.82) is 5.26 Å². The fraction of sp³-hybridized carbons (Fsp3) is 0.125. The highest BCUT2D eigenvalue weighted by Crippen LogP contribution is 2.30. The molecule has 2 rings (SSSR count). The molecule has 0 radical (unpaired) electrons. The molecule has 0 atom stereocenters. The Balaban J connectivity index is 2.25. The Kier molecular flexibility index (Phi) is 4.86. The highest BCUT2D eigenvalue weighted by atomic mass is 19.4. The first-order chi connectivity index (χ1) is 10.9. The monoisotopic (exact) mass is 320 g/mol. The Labute approximate surface area is 130 Å². The van der Waals surface area contributed by atoms with E-state index in [1.165, 1.54) is 24.3 Å². The summed E-state index contributed by atoms with van der Waals surface area (Å²) < 4.78 is 40.3. The van der Waals surface area contributed by atoms with Gasteiger partial charge < -0.3 is 10.1 Å². The molecule has 2 aromatic rings. The number of halogens is 3. The highest BCUT2D eigenvalue weighted by Gasteiger charge is 2.30. The van der Waals surface area contributed by atoms with Gasteiger partial charge in [-0.15, -0.1) is 13.2 Å². The molecule has 0 aliphatic heterocycles. The van der Waals surface area contributed by atoms with Gasteiger partial charge in [-0.1, -0.05) is 30.3 Å². The number of nitrogens with zero attached hydrogens (tertiary/aromatic N) is 1. The summed E-state index contributed by atoms with van der Waals surface area (Å²) in [5.41, 5.74) is 1.70. The van der Waals surface area contributed by atoms with Crippen molar-refractivity contribution in [3.63, 3.8) is 0 Å². The number of anilines is 1. The van der Waals surface area contributed by atoms with Crippen LogP contribution in [0.3, 0.4) is 0 Å². The van der Waals surface area contributed by atoms with Crippen molar-refractivity contribution in [2.24, 2.45) is 0 Å². The summed E-state index contributed by atoms with van der Waals surface area (Å²) in [6, 6.07) is 13.8. The molecule has 1 amide bonds. The van der Waals surface area contributed by atoms with Crippen molar-refractivity contribution < 1.29 is 22.7 Å². The maximum atomic E-state index is 12.1. The number of carbonyl (C=O) groups excluding carboxylic acids is 1. The Morgan fingerprint density at radius 3 is 2.39 bits per heavy atom. The summed E-state index contributed by atoms with van der Waals surface area (Å²) in [4.78, 5) is 11.5. The summed E-state index contributed by atoms with van der Waals surface area (Å²) in [5, 5.41) is 11.1. The van der Waals surface area contributed by atoms with Crippen molar-refractivity contribution >= 4 is 11.6 Å². The van der Waals surface area contributed by atoms with E-state index in [1.54, 1.807) is 30.3 Å². The molecule has 4 nitrogen and oxygen atoms in total. The average Bonchev–Trinajstić information content (AvgIpc) is 2.47. The van der Waals surface area contributed by atoms with E-state index in [9.17, 15) is 18.0 Å². The van der Waals surface area contributed by atoms with Gasteiger partial charge in [0.2, 0.25) is 5.91 Å². The number of carbonyl (C=O) groups is 1. The summed E-state index contributed by atoms with van der Waals surface area (Å²) in [5.74, 6) is -0.788. The largest absolute Gasteiger partial charge is 0.573 e. The van der Waals surface area contributed by atoms with Gasteiger partial charge in [0.05, 0.1) is 6.07 Å². The molecule has 0 aliphatic rings. The lowest BCUT2D eigenvalue weighted by Gasteiger charge is -2.12. The molecule has 0 heterocycles. The molecular weight excluding hydrogens is 309 g/mol. The van der Waals surface area contributed by atoms with Crippen LogP contribution in [-0.2, 0) is 4.79 Å². The number of alkyl halides is 3. The first-order valence-corrected chi connectivity index (χ1v) is 6.51. The second-order valence-electron chi connectivity index (χ2n) is 4.50. The lowest BCUT2D eigenvalue weighted by atomic mass is 10.0. The molecule has 23 heavy (non-hydrogen) atoms. The summed E-state index contributed by atoms with van der Waals surface area (Å²) >= 11 is 0. The maximum Gasteiger partial charge on any atom is 0.573 e. The number of hydrogen-bond donors (Lipinski definition) is 1. The number of nitrogens with one attached hydrogen (secondary N) is 1. The number of rotatable bonds is 4. The average molecular weight is 320 g/mol. The van der Waals surface area contributed by atoms with Gasteiger partial charge in [0.25, 0.3) is 0 Å². The SMILES string of the molecule is N#CCC(=O)Nc1ccccc1-c1ccc(OC(F)(F)F)cc1. The zero-order valence-corrected chi connectivity index (χ0v) is 11.7. The fourth-order valence-electron chi connectivity index (χ4n) is 1.95. The van der Waals surface area contributed by atoms with Gasteiger partial charge in [0, 0.05) is 11.3 Å². The van der Waals surface area contributed by atoms with E-state index in [4.69, 9.17) is 5.26 Å². The van der Waals surface area contributed by atoms with Gasteiger partial charge in [-0.2, -0.15) is 5.26 Å². The van der Waals surface area contributed by atoms with E-state index < -0.39 is 12.3 Å². The van der Waals surface area contributed by atoms with Crippen LogP contribution in [0.2, 0.25) is 0 Å². The predicted octanol–water partition coefficient (Wildman–Crippen LogP) is 4.10. The van der Waals surface area contributed by atoms with Gasteiger partial charge in [0.1, 0.15) is 12.2 Å². The lowest BCUT2D eigenvalue weighted by Crippen LogP contribution is -2.16. The molecule has 2 aromatic carbocycles. The molecule has 0 fully saturated rings. The minimum absolute atomic E-state index is 0.285. The molecule has 0 spiro atoms. The first kappa shape index (κ1) is 16.4. The van der Waals surface area contributed by atoms with Crippen LogP contribution < -0.4 is 10.1 Å². The van der Waals surface area contributed by atoms with Crippen molar-refractivity contribution in [3.8, 4) is 22.9 Å². The Morgan fingerprint density at radius 1 is 1.13 bits per heavy atom. The quantitative estimate of drug-likeness (QED) is 0.922. The van der Waals surface area contributed by atoms with Gasteiger partial charge in [-0.3, -0.25) is 4.79 Å². The second kappa shape index (κ2) is 6.83. The Morgan fingerprint density at radius 2 is 1.78 bits per heavy atom. The lowest BCUT2D eigenvalue weighted by molar-refractivity contribution is -0.274. The molecule has 0 aliphatic carbocycles. The van der Waals surface area contributed by atoms with E-state index in [2.05, 4.69) is 10.1 Å². The minimum Gasteiger partial charge on any atom is -0.406 e. The van der Waals surface area contributed by atoms with Crippen molar-refractivity contribution in [3.05, 3.63) is 48.5 Å². The first-order valence-electron chi connectivity index (χ1n) is 6.51. The van der Waals surface area contributed by atoms with Crippen molar-refractivity contribution in [1.82, 2.24) is 0 Å². The van der Waals surface area contributed by atoms with E-state index in [0.29, 0.717) is 16.8 Å². The van der Waals surface area contributed by atoms with Gasteiger partial charge in [-0.05, 0) is 23.8 Å². The van der Waals surface area contributed by atoms with E-state index in [1.807, 2.05) is 0 Å². The van der Waals surface area contributed by atoms with Crippen LogP contribution in [0.15, 0.2) is 48.5 Å². The predicted molar refractivity (Wildman–Crippen MR) is 77.4 cm³/mol. The van der Waals surface area contributed by atoms with E-state index in [-0.39, 0.29) is 12.2 Å². The van der Waals surface area contributed by atoms with Crippen LogP contribution in [0, 0.1) is 11.3 Å². The minimum atomic E-state index is -4.75. The molecule has 118 valence electrons. The standard InChI is InChI=1S/C16H11F3N2O2/c17-16(18,19)23-12-7-5-11(6-8-12)13-3-1-2-4-14(13)21-15(22)9-10-20/h1-8H,9H2,(H,21,22). The molecule has 0 unspecified atom stereocenters. The van der Waals surface area contributed by atoms with Gasteiger partial charge in [-0.25, -0.2) is 0 Å². The van der Waals surface area contributed by atoms with Crippen LogP contribution in [-0.4, -0.2) is 12.3 Å². The van der Waals surface area contributed by atoms with Gasteiger partial charge >= 0.3 is 6.36 Å². The molecule has 0 bridgehead atoms. The third-order valence-electron chi connectivity index (χ3n) is 2.84. The molecular formula is C16H11F3N2O2. The van der Waals surface area contributed by atoms with Crippen molar-refractivity contribution in [2.75, 3.05) is 5.32 Å². The summed E-state index contributed by atoms with van der Waals surface area (Å²) in [6.07, 6.45) is -5.03. The van der Waals surface area contributed by atoms with E-state index >= 15 is 0 Å². The molecule has 0 saturated heterocycles. The summed E-state index contributed by atoms with van der Waals surface area (Å²) in [7, 11) is 0. The maximum absolute atomic E-state index is 12.1. The highest BCUT2D eigenvalue weighted by molar-refractivity contribution is 5.96. The zero-order chi connectivity index (χ0) is 16.9. The molecule has 0 aromatic heterocycles. The third kappa shape index (κ3) is 4.74. The Bertz CT molecular complexity index is 734. The molecule has 1 N–H and O–H groups in total. The van der Waals surface area contributed by atoms with Crippen molar-refractivity contribution in [2.45, 2.75) is 12.8 Å². The van der Waals surface area contributed by atoms with Crippen LogP contribution >= 0.6 is 0 Å². The third-order valence-corrected chi connectivity index (χ3v) is 2.84. The number of para-hydroxylation sites is 1. The zero-order valence-electron chi connectivity index (χ0n) is 11.7. The normalized spacial score (nSPS) is 10.7. The second-order valence-corrected chi connectivity index (χ2v) is 4.50. The number of amides is 1. The van der Waals surface area contributed by atoms with Crippen LogP contribution in [0.5, 0.6) is 5.75 Å². The summed E-state index contributed by atoms with van der Waals surface area (Å²) in [6.45, 7) is 0. The fourth-order valence-corrected chi connectivity index (χ4v) is 1.95. The van der Waals surface area contributed by atoms with Crippen LogP contribution in [0.4, 0.5) is 18.9 Å². The van der Waals surface area contributed by atoms with E-state index in [0.717, 1.165) is 0 Å². The van der Waals surface area contributed by atoms with Crippen LogP contribution in [0.25, 0.3) is 11.1 Å². The smallest absolute Gasteiger partial charge is 0.406 e. The topological polar surface area (TPSA) is 62.1 Å². The molecule has 0 saturated carbocycles. The Hall–Kier alpha value is -3.01. The van der Waals surface area contributed by atoms with Gasteiger partial charge in [0.15, 0.2) is 0 Å². The van der Waals surface area contributed by atoms with Crippen LogP contribution in [0.1, 0.15) is 6.42 Å². The number of nitriles is 1. The number of benzene rings is 2.